The minimum atomic E-state index is 0.480. The highest BCUT2D eigenvalue weighted by molar-refractivity contribution is 5.52. The first kappa shape index (κ1) is 14.4. The van der Waals surface area contributed by atoms with Gasteiger partial charge in [-0.2, -0.15) is 0 Å². The highest BCUT2D eigenvalue weighted by Gasteiger charge is 2.36. The lowest BCUT2D eigenvalue weighted by Crippen LogP contribution is -2.24. The maximum absolute atomic E-state index is 3.79. The van der Waals surface area contributed by atoms with Gasteiger partial charge in [-0.1, -0.05) is 39.0 Å². The molecule has 0 saturated heterocycles. The van der Waals surface area contributed by atoms with Gasteiger partial charge in [0.2, 0.25) is 0 Å². The van der Waals surface area contributed by atoms with Crippen molar-refractivity contribution in [1.82, 2.24) is 4.90 Å². The maximum atomic E-state index is 3.79. The zero-order chi connectivity index (χ0) is 14.0. The predicted octanol–water partition coefficient (Wildman–Crippen LogP) is 3.98. The highest BCUT2D eigenvalue weighted by Crippen LogP contribution is 2.42. The van der Waals surface area contributed by atoms with Gasteiger partial charge in [-0.3, -0.25) is 0 Å². The van der Waals surface area contributed by atoms with E-state index >= 15 is 0 Å². The minimum absolute atomic E-state index is 0.480. The van der Waals surface area contributed by atoms with Crippen molar-refractivity contribution in [2.45, 2.75) is 46.2 Å². The molecule has 1 N–H and O–H groups in total. The van der Waals surface area contributed by atoms with E-state index < -0.39 is 0 Å². The number of benzene rings is 1. The van der Waals surface area contributed by atoms with Crippen LogP contribution in [0.15, 0.2) is 24.3 Å². The summed E-state index contributed by atoms with van der Waals surface area (Å²) < 4.78 is 0. The van der Waals surface area contributed by atoms with Crippen molar-refractivity contribution in [3.63, 3.8) is 0 Å². The summed E-state index contributed by atoms with van der Waals surface area (Å²) in [7, 11) is 4.25. The van der Waals surface area contributed by atoms with E-state index in [1.54, 1.807) is 0 Å². The van der Waals surface area contributed by atoms with Crippen LogP contribution in [0.4, 0.5) is 5.69 Å². The first-order valence-corrected chi connectivity index (χ1v) is 7.36. The van der Waals surface area contributed by atoms with E-state index in [1.807, 2.05) is 0 Å². The zero-order valence-electron chi connectivity index (χ0n) is 13.0. The van der Waals surface area contributed by atoms with Crippen LogP contribution in [0.5, 0.6) is 0 Å². The Morgan fingerprint density at radius 2 is 1.89 bits per heavy atom. The van der Waals surface area contributed by atoms with E-state index in [0.29, 0.717) is 11.5 Å². The van der Waals surface area contributed by atoms with Crippen LogP contribution in [0.2, 0.25) is 0 Å². The van der Waals surface area contributed by atoms with Gasteiger partial charge < -0.3 is 10.2 Å². The summed E-state index contributed by atoms with van der Waals surface area (Å²) in [4.78, 5) is 2.22. The molecule has 0 aromatic heterocycles. The van der Waals surface area contributed by atoms with Gasteiger partial charge in [-0.25, -0.2) is 0 Å². The number of hydrogen-bond acceptors (Lipinski definition) is 2. The number of hydrogen-bond donors (Lipinski definition) is 1. The van der Waals surface area contributed by atoms with Crippen molar-refractivity contribution in [2.24, 2.45) is 11.3 Å². The summed E-state index contributed by atoms with van der Waals surface area (Å²) >= 11 is 0. The number of nitrogens with zero attached hydrogens (tertiary/aromatic N) is 1. The molecule has 1 aromatic carbocycles. The molecular weight excluding hydrogens is 232 g/mol. The van der Waals surface area contributed by atoms with E-state index in [0.717, 1.165) is 12.5 Å². The summed E-state index contributed by atoms with van der Waals surface area (Å²) in [6, 6.07) is 9.32. The fourth-order valence-corrected chi connectivity index (χ4v) is 3.43. The summed E-state index contributed by atoms with van der Waals surface area (Å²) in [6.07, 6.45) is 2.59. The molecule has 2 nitrogen and oxygen atoms in total. The van der Waals surface area contributed by atoms with Gasteiger partial charge in [0, 0.05) is 18.3 Å². The molecule has 2 atom stereocenters. The third-order valence-electron chi connectivity index (χ3n) is 4.18. The van der Waals surface area contributed by atoms with Gasteiger partial charge in [-0.15, -0.1) is 0 Å². The third-order valence-corrected chi connectivity index (χ3v) is 4.18. The fraction of sp³-hybridized carbons (Fsp3) is 0.647. The number of anilines is 1. The summed E-state index contributed by atoms with van der Waals surface area (Å²) in [5, 5.41) is 3.79. The molecule has 1 fully saturated rings. The molecule has 2 heteroatoms. The van der Waals surface area contributed by atoms with E-state index in [9.17, 15) is 0 Å². The summed E-state index contributed by atoms with van der Waals surface area (Å²) in [5.74, 6) is 0.752. The van der Waals surface area contributed by atoms with Crippen LogP contribution in [0.1, 0.15) is 39.2 Å². The second-order valence-electron chi connectivity index (χ2n) is 7.20. The standard InChI is InChI=1S/C17H28N2/c1-13-10-17(2,3)11-16(13)18-15-9-7-6-8-14(15)12-19(4)5/h6-9,13,16,18H,10-12H2,1-5H3. The molecule has 0 aliphatic heterocycles. The normalized spacial score (nSPS) is 25.8. The number of nitrogens with one attached hydrogen (secondary N) is 1. The van der Waals surface area contributed by atoms with Gasteiger partial charge in [0.25, 0.3) is 0 Å². The van der Waals surface area contributed by atoms with Gasteiger partial charge in [-0.05, 0) is 49.9 Å². The molecule has 1 aliphatic rings. The second-order valence-corrected chi connectivity index (χ2v) is 7.20. The van der Waals surface area contributed by atoms with Crippen molar-refractivity contribution < 1.29 is 0 Å². The Balaban J connectivity index is 2.11. The Morgan fingerprint density at radius 3 is 2.47 bits per heavy atom. The molecule has 0 radical (unpaired) electrons. The Hall–Kier alpha value is -1.02. The van der Waals surface area contributed by atoms with Gasteiger partial charge in [0.1, 0.15) is 0 Å². The van der Waals surface area contributed by atoms with Crippen LogP contribution in [0, 0.1) is 11.3 Å². The van der Waals surface area contributed by atoms with Crippen LogP contribution in [-0.4, -0.2) is 25.0 Å². The van der Waals surface area contributed by atoms with Crippen LogP contribution < -0.4 is 5.32 Å². The molecule has 0 spiro atoms. The summed E-state index contributed by atoms with van der Waals surface area (Å²) in [6.45, 7) is 8.14. The number of rotatable bonds is 4. The number of para-hydroxylation sites is 1. The molecule has 0 bridgehead atoms. The molecule has 106 valence electrons. The highest BCUT2D eigenvalue weighted by atomic mass is 15.1. The largest absolute Gasteiger partial charge is 0.382 e. The molecule has 0 amide bonds. The van der Waals surface area contributed by atoms with Crippen molar-refractivity contribution >= 4 is 5.69 Å². The third kappa shape index (κ3) is 3.73. The monoisotopic (exact) mass is 260 g/mol. The lowest BCUT2D eigenvalue weighted by atomic mass is 9.91. The topological polar surface area (TPSA) is 15.3 Å². The predicted molar refractivity (Wildman–Crippen MR) is 83.4 cm³/mol. The molecule has 19 heavy (non-hydrogen) atoms. The van der Waals surface area contributed by atoms with Crippen LogP contribution in [0.25, 0.3) is 0 Å². The van der Waals surface area contributed by atoms with E-state index in [2.05, 4.69) is 69.3 Å². The first-order valence-electron chi connectivity index (χ1n) is 7.36. The minimum Gasteiger partial charge on any atom is -0.382 e. The maximum Gasteiger partial charge on any atom is 0.0388 e. The van der Waals surface area contributed by atoms with E-state index in [-0.39, 0.29) is 0 Å². The SMILES string of the molecule is CC1CC(C)(C)CC1Nc1ccccc1CN(C)C. The average molecular weight is 260 g/mol. The van der Waals surface area contributed by atoms with Crippen molar-refractivity contribution in [3.8, 4) is 0 Å². The Kier molecular flexibility index (Phi) is 4.19. The zero-order valence-corrected chi connectivity index (χ0v) is 13.0. The molecule has 1 aromatic rings. The first-order chi connectivity index (χ1) is 8.87. The van der Waals surface area contributed by atoms with Crippen LogP contribution >= 0.6 is 0 Å². The Morgan fingerprint density at radius 1 is 1.21 bits per heavy atom. The molecule has 2 rings (SSSR count). The van der Waals surface area contributed by atoms with Gasteiger partial charge >= 0.3 is 0 Å². The van der Waals surface area contributed by atoms with Crippen molar-refractivity contribution in [2.75, 3.05) is 19.4 Å². The second kappa shape index (κ2) is 5.54. The molecule has 1 aliphatic carbocycles. The fourth-order valence-electron chi connectivity index (χ4n) is 3.43. The average Bonchev–Trinajstić information content (AvgIpc) is 2.54. The van der Waals surface area contributed by atoms with Crippen molar-refractivity contribution in [1.29, 1.82) is 0 Å². The van der Waals surface area contributed by atoms with Crippen LogP contribution in [0.3, 0.4) is 0 Å². The molecule has 2 unspecified atom stereocenters. The quantitative estimate of drug-likeness (QED) is 0.880. The smallest absolute Gasteiger partial charge is 0.0388 e. The Bertz CT molecular complexity index is 423. The molecule has 1 saturated carbocycles. The van der Waals surface area contributed by atoms with Gasteiger partial charge in [0.05, 0.1) is 0 Å². The summed E-state index contributed by atoms with van der Waals surface area (Å²) in [5.41, 5.74) is 3.18. The lowest BCUT2D eigenvalue weighted by molar-refractivity contribution is 0.366. The van der Waals surface area contributed by atoms with Crippen molar-refractivity contribution in [3.05, 3.63) is 29.8 Å². The van der Waals surface area contributed by atoms with E-state index in [1.165, 1.54) is 24.1 Å². The Labute approximate surface area is 118 Å². The van der Waals surface area contributed by atoms with Crippen LogP contribution in [-0.2, 0) is 6.54 Å². The van der Waals surface area contributed by atoms with Gasteiger partial charge in [0.15, 0.2) is 0 Å². The molecule has 0 heterocycles. The lowest BCUT2D eigenvalue weighted by Gasteiger charge is -2.23. The van der Waals surface area contributed by atoms with E-state index in [4.69, 9.17) is 0 Å². The molecular formula is C17H28N2.